The molecule has 1 aliphatic rings. The van der Waals surface area contributed by atoms with Gasteiger partial charge >= 0.3 is 0 Å². The second-order valence-electron chi connectivity index (χ2n) is 10.4. The number of anilines is 1. The number of amides is 2. The number of thioether (sulfide) groups is 1. The molecule has 0 saturated heterocycles. The normalized spacial score (nSPS) is 14.7. The molecule has 3 heterocycles. The van der Waals surface area contributed by atoms with E-state index in [1.807, 2.05) is 85.3 Å². The van der Waals surface area contributed by atoms with Crippen molar-refractivity contribution in [2.75, 3.05) is 24.3 Å². The maximum atomic E-state index is 14.0. The van der Waals surface area contributed by atoms with E-state index in [1.54, 1.807) is 30.4 Å². The van der Waals surface area contributed by atoms with E-state index in [4.69, 9.17) is 14.3 Å². The summed E-state index contributed by atoms with van der Waals surface area (Å²) in [6.07, 6.45) is 1.56. The van der Waals surface area contributed by atoms with Gasteiger partial charge in [0.1, 0.15) is 23.9 Å². The Morgan fingerprint density at radius 2 is 1.84 bits per heavy atom. The van der Waals surface area contributed by atoms with Crippen molar-refractivity contribution in [3.8, 4) is 22.7 Å². The number of furan rings is 1. The maximum absolute atomic E-state index is 14.0. The van der Waals surface area contributed by atoms with Gasteiger partial charge in [0.25, 0.3) is 0 Å². The summed E-state index contributed by atoms with van der Waals surface area (Å²) in [5.41, 5.74) is 6.41. The second kappa shape index (κ2) is 12.2. The highest BCUT2D eigenvalue weighted by molar-refractivity contribution is 8.00. The topological polar surface area (TPSA) is 89.6 Å². The van der Waals surface area contributed by atoms with E-state index >= 15 is 0 Å². The summed E-state index contributed by atoms with van der Waals surface area (Å²) in [5.74, 6) is 1.62. The molecule has 0 unspecified atom stereocenters. The molecule has 6 rings (SSSR count). The van der Waals surface area contributed by atoms with Gasteiger partial charge in [0, 0.05) is 16.7 Å². The molecular formula is C34H32N4O4S. The first-order valence-electron chi connectivity index (χ1n) is 14.0. The lowest BCUT2D eigenvalue weighted by atomic mass is 9.99. The van der Waals surface area contributed by atoms with Gasteiger partial charge < -0.3 is 14.5 Å². The van der Waals surface area contributed by atoms with Crippen LogP contribution in [0.1, 0.15) is 33.3 Å². The van der Waals surface area contributed by atoms with Gasteiger partial charge in [0.15, 0.2) is 0 Å². The molecule has 3 aromatic carbocycles. The molecule has 0 spiro atoms. The van der Waals surface area contributed by atoms with E-state index in [2.05, 4.69) is 11.4 Å². The number of rotatable bonds is 8. The Morgan fingerprint density at radius 3 is 2.58 bits per heavy atom. The van der Waals surface area contributed by atoms with Crippen molar-refractivity contribution in [1.29, 1.82) is 0 Å². The van der Waals surface area contributed by atoms with E-state index in [0.717, 1.165) is 44.9 Å². The number of para-hydroxylation sites is 1. The SMILES string of the molecule is COc1ccccc1[C@@H]1SCC(=O)N(CC(=O)NCc2ccco2)c2c1c(-c1ccccc1)nn2-c1ccc(C)cc1C. The quantitative estimate of drug-likeness (QED) is 0.229. The van der Waals surface area contributed by atoms with Crippen LogP contribution in [0.4, 0.5) is 5.82 Å². The summed E-state index contributed by atoms with van der Waals surface area (Å²) >= 11 is 1.51. The molecule has 43 heavy (non-hydrogen) atoms. The monoisotopic (exact) mass is 592 g/mol. The van der Waals surface area contributed by atoms with Crippen LogP contribution in [0.2, 0.25) is 0 Å². The Hall–Kier alpha value is -4.76. The number of nitrogens with zero attached hydrogens (tertiary/aromatic N) is 3. The number of methoxy groups -OCH3 is 1. The number of nitrogens with one attached hydrogen (secondary N) is 1. The molecule has 2 amide bonds. The molecule has 0 bridgehead atoms. The van der Waals surface area contributed by atoms with E-state index < -0.39 is 0 Å². The van der Waals surface area contributed by atoms with Crippen LogP contribution >= 0.6 is 11.8 Å². The molecule has 0 aliphatic carbocycles. The van der Waals surface area contributed by atoms with Crippen molar-refractivity contribution in [3.05, 3.63) is 119 Å². The van der Waals surface area contributed by atoms with Crippen LogP contribution in [0.25, 0.3) is 16.9 Å². The first-order chi connectivity index (χ1) is 20.9. The zero-order chi connectivity index (χ0) is 29.9. The first-order valence-corrected chi connectivity index (χ1v) is 15.1. The van der Waals surface area contributed by atoms with Gasteiger partial charge in [-0.2, -0.15) is 5.10 Å². The fourth-order valence-corrected chi connectivity index (χ4v) is 6.69. The van der Waals surface area contributed by atoms with Crippen LogP contribution in [-0.2, 0) is 16.1 Å². The highest BCUT2D eigenvalue weighted by Gasteiger charge is 2.38. The summed E-state index contributed by atoms with van der Waals surface area (Å²) in [6, 6.07) is 27.5. The third-order valence-electron chi connectivity index (χ3n) is 7.48. The summed E-state index contributed by atoms with van der Waals surface area (Å²) in [6.45, 7) is 4.13. The zero-order valence-corrected chi connectivity index (χ0v) is 25.1. The van der Waals surface area contributed by atoms with Crippen molar-refractivity contribution in [3.63, 3.8) is 0 Å². The second-order valence-corrected chi connectivity index (χ2v) is 11.5. The van der Waals surface area contributed by atoms with Gasteiger partial charge in [-0.25, -0.2) is 4.68 Å². The fourth-order valence-electron chi connectivity index (χ4n) is 5.47. The molecule has 0 saturated carbocycles. The van der Waals surface area contributed by atoms with Crippen molar-refractivity contribution in [1.82, 2.24) is 15.1 Å². The Balaban J connectivity index is 1.57. The zero-order valence-electron chi connectivity index (χ0n) is 24.2. The number of hydrogen-bond acceptors (Lipinski definition) is 6. The van der Waals surface area contributed by atoms with Crippen LogP contribution < -0.4 is 15.0 Å². The predicted octanol–water partition coefficient (Wildman–Crippen LogP) is 6.24. The van der Waals surface area contributed by atoms with Crippen LogP contribution in [0.5, 0.6) is 5.75 Å². The summed E-state index contributed by atoms with van der Waals surface area (Å²) in [4.78, 5) is 28.9. The maximum Gasteiger partial charge on any atom is 0.240 e. The third kappa shape index (κ3) is 5.68. The predicted molar refractivity (Wildman–Crippen MR) is 169 cm³/mol. The molecule has 0 radical (unpaired) electrons. The summed E-state index contributed by atoms with van der Waals surface area (Å²) in [5, 5.41) is 7.80. The number of carbonyl (C=O) groups is 2. The van der Waals surface area contributed by atoms with E-state index in [9.17, 15) is 9.59 Å². The van der Waals surface area contributed by atoms with E-state index in [-0.39, 0.29) is 35.9 Å². The highest BCUT2D eigenvalue weighted by Crippen LogP contribution is 2.50. The smallest absolute Gasteiger partial charge is 0.240 e. The van der Waals surface area contributed by atoms with Crippen molar-refractivity contribution in [2.24, 2.45) is 0 Å². The van der Waals surface area contributed by atoms with Crippen LogP contribution in [0.3, 0.4) is 0 Å². The molecule has 218 valence electrons. The molecule has 1 aliphatic heterocycles. The molecular weight excluding hydrogens is 560 g/mol. The number of ether oxygens (including phenoxy) is 1. The van der Waals surface area contributed by atoms with Gasteiger partial charge in [0.2, 0.25) is 11.8 Å². The van der Waals surface area contributed by atoms with Gasteiger partial charge in [-0.15, -0.1) is 11.8 Å². The molecule has 8 nitrogen and oxygen atoms in total. The fraction of sp³-hybridized carbons (Fsp3) is 0.206. The molecule has 9 heteroatoms. The van der Waals surface area contributed by atoms with Crippen molar-refractivity contribution in [2.45, 2.75) is 25.6 Å². The average molecular weight is 593 g/mol. The minimum atomic E-state index is -0.300. The van der Waals surface area contributed by atoms with Crippen LogP contribution in [0.15, 0.2) is 95.6 Å². The standard InChI is InChI=1S/C34H32N4O4S/c1-22-15-16-27(23(2)18-22)38-34-31(32(36-38)24-10-5-4-6-11-24)33(26-13-7-8-14-28(26)41-3)43-21-30(40)37(34)20-29(39)35-19-25-12-9-17-42-25/h4-18,33H,19-21H2,1-3H3,(H,35,39)/t33-/m0/s1. The minimum Gasteiger partial charge on any atom is -0.496 e. The van der Waals surface area contributed by atoms with E-state index in [0.29, 0.717) is 11.6 Å². The molecule has 2 aromatic heterocycles. The lowest BCUT2D eigenvalue weighted by Crippen LogP contribution is -2.42. The lowest BCUT2D eigenvalue weighted by molar-refractivity contribution is -0.123. The largest absolute Gasteiger partial charge is 0.496 e. The number of hydrogen-bond donors (Lipinski definition) is 1. The van der Waals surface area contributed by atoms with Crippen molar-refractivity contribution >= 4 is 29.4 Å². The highest BCUT2D eigenvalue weighted by atomic mass is 32.2. The minimum absolute atomic E-state index is 0.170. The first kappa shape index (κ1) is 28.4. The molecule has 5 aromatic rings. The number of aryl methyl sites for hydroxylation is 2. The molecule has 1 N–H and O–H groups in total. The lowest BCUT2D eigenvalue weighted by Gasteiger charge is -2.24. The van der Waals surface area contributed by atoms with Gasteiger partial charge in [0.05, 0.1) is 42.3 Å². The van der Waals surface area contributed by atoms with Crippen LogP contribution in [0, 0.1) is 13.8 Å². The van der Waals surface area contributed by atoms with Gasteiger partial charge in [-0.3, -0.25) is 14.5 Å². The summed E-state index contributed by atoms with van der Waals surface area (Å²) < 4.78 is 13.0. The van der Waals surface area contributed by atoms with Gasteiger partial charge in [-0.05, 0) is 43.7 Å². The third-order valence-corrected chi connectivity index (χ3v) is 8.72. The van der Waals surface area contributed by atoms with Gasteiger partial charge in [-0.1, -0.05) is 66.2 Å². The number of aromatic nitrogens is 2. The number of carbonyl (C=O) groups excluding carboxylic acids is 2. The molecule has 1 atom stereocenters. The average Bonchev–Trinajstić information content (AvgIpc) is 3.65. The Kier molecular flexibility index (Phi) is 8.07. The molecule has 0 fully saturated rings. The van der Waals surface area contributed by atoms with Crippen molar-refractivity contribution < 1.29 is 18.7 Å². The Labute approximate surface area is 254 Å². The Bertz CT molecular complexity index is 1760. The number of benzene rings is 3. The number of fused-ring (bicyclic) bond motifs is 1. The Morgan fingerprint density at radius 1 is 1.05 bits per heavy atom. The summed E-state index contributed by atoms with van der Waals surface area (Å²) in [7, 11) is 1.65. The van der Waals surface area contributed by atoms with E-state index in [1.165, 1.54) is 11.8 Å². The van der Waals surface area contributed by atoms with Crippen LogP contribution in [-0.4, -0.2) is 41.0 Å².